The number of para-hydroxylation sites is 1. The minimum absolute atomic E-state index is 0.174. The van der Waals surface area contributed by atoms with Crippen molar-refractivity contribution in [1.82, 2.24) is 0 Å². The Kier molecular flexibility index (Phi) is 5.15. The molecule has 0 unspecified atom stereocenters. The third-order valence-corrected chi connectivity index (χ3v) is 3.07. The Morgan fingerprint density at radius 3 is 1.85 bits per heavy atom. The van der Waals surface area contributed by atoms with Crippen LogP contribution in [0.2, 0.25) is 0 Å². The van der Waals surface area contributed by atoms with Gasteiger partial charge in [-0.2, -0.15) is 0 Å². The number of benzene rings is 2. The number of hydrogen-bond donors (Lipinski definition) is 3. The minimum atomic E-state index is -1.83. The van der Waals surface area contributed by atoms with E-state index in [2.05, 4.69) is 26.0 Å². The highest BCUT2D eigenvalue weighted by atomic mass is 16.6. The van der Waals surface area contributed by atoms with Crippen LogP contribution in [0, 0.1) is 0 Å². The van der Waals surface area contributed by atoms with Crippen molar-refractivity contribution in [2.24, 2.45) is 0 Å². The summed E-state index contributed by atoms with van der Waals surface area (Å²) < 4.78 is 0. The molecule has 0 saturated heterocycles. The molecular weight excluding hydrogens is 256 g/mol. The van der Waals surface area contributed by atoms with Crippen LogP contribution in [0.5, 0.6) is 5.75 Å². The summed E-state index contributed by atoms with van der Waals surface area (Å²) in [6.07, 6.45) is -1.83. The maximum absolute atomic E-state index is 9.91. The van der Waals surface area contributed by atoms with Gasteiger partial charge in [0.2, 0.25) is 0 Å². The van der Waals surface area contributed by atoms with Crippen LogP contribution >= 0.6 is 0 Å². The lowest BCUT2D eigenvalue weighted by molar-refractivity contribution is 0.137. The van der Waals surface area contributed by atoms with Crippen LogP contribution < -0.4 is 0 Å². The molecule has 0 radical (unpaired) electrons. The third-order valence-electron chi connectivity index (χ3n) is 3.07. The summed E-state index contributed by atoms with van der Waals surface area (Å²) in [5.74, 6) is 0.358. The van der Waals surface area contributed by atoms with Crippen LogP contribution in [-0.2, 0) is 5.41 Å². The molecular formula is C16H18O4. The zero-order valence-electron chi connectivity index (χ0n) is 11.4. The molecule has 106 valence electrons. The molecule has 20 heavy (non-hydrogen) atoms. The Morgan fingerprint density at radius 2 is 1.35 bits per heavy atom. The second-order valence-corrected chi connectivity index (χ2v) is 4.79. The van der Waals surface area contributed by atoms with Gasteiger partial charge in [0.05, 0.1) is 0 Å². The number of aromatic hydroxyl groups is 1. The number of hydrogen-bond acceptors (Lipinski definition) is 2. The van der Waals surface area contributed by atoms with E-state index in [0.29, 0.717) is 5.75 Å². The first-order valence-corrected chi connectivity index (χ1v) is 6.11. The van der Waals surface area contributed by atoms with Crippen molar-refractivity contribution >= 4 is 6.16 Å². The molecule has 4 heteroatoms. The summed E-state index contributed by atoms with van der Waals surface area (Å²) in [4.78, 5) is 8.56. The zero-order chi connectivity index (χ0) is 15.2. The highest BCUT2D eigenvalue weighted by Crippen LogP contribution is 2.36. The summed E-state index contributed by atoms with van der Waals surface area (Å²) in [5, 5.41) is 23.9. The number of rotatable bonds is 2. The molecule has 2 rings (SSSR count). The molecule has 0 atom stereocenters. The lowest BCUT2D eigenvalue weighted by atomic mass is 9.78. The number of carbonyl (C=O) groups is 1. The molecule has 4 nitrogen and oxygen atoms in total. The molecule has 0 spiro atoms. The van der Waals surface area contributed by atoms with E-state index in [0.717, 1.165) is 5.56 Å². The van der Waals surface area contributed by atoms with E-state index in [1.54, 1.807) is 6.07 Å². The van der Waals surface area contributed by atoms with E-state index in [4.69, 9.17) is 15.0 Å². The van der Waals surface area contributed by atoms with Crippen molar-refractivity contribution in [3.8, 4) is 5.75 Å². The van der Waals surface area contributed by atoms with Gasteiger partial charge in [-0.3, -0.25) is 0 Å². The van der Waals surface area contributed by atoms with Crippen LogP contribution in [-0.4, -0.2) is 21.5 Å². The fourth-order valence-electron chi connectivity index (χ4n) is 2.01. The van der Waals surface area contributed by atoms with Crippen molar-refractivity contribution in [2.75, 3.05) is 0 Å². The van der Waals surface area contributed by atoms with Gasteiger partial charge in [-0.15, -0.1) is 0 Å². The monoisotopic (exact) mass is 274 g/mol. The van der Waals surface area contributed by atoms with Crippen LogP contribution in [0.1, 0.15) is 25.0 Å². The largest absolute Gasteiger partial charge is 0.508 e. The van der Waals surface area contributed by atoms with E-state index >= 15 is 0 Å². The van der Waals surface area contributed by atoms with Gasteiger partial charge in [0.15, 0.2) is 0 Å². The Labute approximate surface area is 117 Å². The van der Waals surface area contributed by atoms with Crippen molar-refractivity contribution in [3.63, 3.8) is 0 Å². The standard InChI is InChI=1S/C15H16O.CH2O3/c1-15(2,12-8-4-3-5-9-12)13-10-6-7-11-14(13)16;2-1(3)4/h3-11,16H,1-2H3;(H2,2,3,4). The molecule has 0 saturated carbocycles. The molecule has 0 aromatic heterocycles. The van der Waals surface area contributed by atoms with Gasteiger partial charge in [0.25, 0.3) is 0 Å². The van der Waals surface area contributed by atoms with Crippen molar-refractivity contribution < 1.29 is 20.1 Å². The van der Waals surface area contributed by atoms with Gasteiger partial charge in [-0.1, -0.05) is 62.4 Å². The van der Waals surface area contributed by atoms with Crippen LogP contribution in [0.15, 0.2) is 54.6 Å². The summed E-state index contributed by atoms with van der Waals surface area (Å²) in [6, 6.07) is 17.7. The second kappa shape index (κ2) is 6.61. The molecule has 0 bridgehead atoms. The van der Waals surface area contributed by atoms with Crippen LogP contribution in [0.25, 0.3) is 0 Å². The molecule has 0 aliphatic heterocycles. The first kappa shape index (κ1) is 15.6. The average molecular weight is 274 g/mol. The van der Waals surface area contributed by atoms with Gasteiger partial charge < -0.3 is 15.3 Å². The van der Waals surface area contributed by atoms with Crippen molar-refractivity contribution in [3.05, 3.63) is 65.7 Å². The lowest BCUT2D eigenvalue weighted by Crippen LogP contribution is -2.18. The Balaban J connectivity index is 0.000000444. The van der Waals surface area contributed by atoms with Crippen molar-refractivity contribution in [1.29, 1.82) is 0 Å². The van der Waals surface area contributed by atoms with E-state index in [-0.39, 0.29) is 5.41 Å². The minimum Gasteiger partial charge on any atom is -0.508 e. The fourth-order valence-corrected chi connectivity index (χ4v) is 2.01. The number of phenolic OH excluding ortho intramolecular Hbond substituents is 1. The quantitative estimate of drug-likeness (QED) is 0.775. The van der Waals surface area contributed by atoms with E-state index in [1.807, 2.05) is 36.4 Å². The van der Waals surface area contributed by atoms with Gasteiger partial charge in [0, 0.05) is 11.0 Å². The summed E-state index contributed by atoms with van der Waals surface area (Å²) in [7, 11) is 0. The lowest BCUT2D eigenvalue weighted by Gasteiger charge is -2.26. The smallest absolute Gasteiger partial charge is 0.503 e. The van der Waals surface area contributed by atoms with Gasteiger partial charge in [0.1, 0.15) is 5.75 Å². The maximum Gasteiger partial charge on any atom is 0.503 e. The predicted molar refractivity (Wildman–Crippen MR) is 77.3 cm³/mol. The van der Waals surface area contributed by atoms with Crippen LogP contribution in [0.3, 0.4) is 0 Å². The highest BCUT2D eigenvalue weighted by Gasteiger charge is 2.25. The normalized spacial score (nSPS) is 10.3. The molecule has 0 aliphatic carbocycles. The van der Waals surface area contributed by atoms with Gasteiger partial charge in [-0.05, 0) is 11.6 Å². The van der Waals surface area contributed by atoms with Gasteiger partial charge in [-0.25, -0.2) is 4.79 Å². The van der Waals surface area contributed by atoms with Crippen LogP contribution in [0.4, 0.5) is 4.79 Å². The number of phenols is 1. The molecule has 0 fully saturated rings. The van der Waals surface area contributed by atoms with E-state index in [9.17, 15) is 5.11 Å². The molecule has 0 aliphatic rings. The summed E-state index contributed by atoms with van der Waals surface area (Å²) in [5.41, 5.74) is 1.99. The third kappa shape index (κ3) is 4.02. The topological polar surface area (TPSA) is 77.8 Å². The molecule has 0 amide bonds. The maximum atomic E-state index is 9.91. The molecule has 2 aromatic rings. The van der Waals surface area contributed by atoms with Gasteiger partial charge >= 0.3 is 6.16 Å². The second-order valence-electron chi connectivity index (χ2n) is 4.79. The predicted octanol–water partition coefficient (Wildman–Crippen LogP) is 3.94. The number of carboxylic acid groups (broad SMARTS) is 2. The molecule has 3 N–H and O–H groups in total. The summed E-state index contributed by atoms with van der Waals surface area (Å²) >= 11 is 0. The fraction of sp³-hybridized carbons (Fsp3) is 0.188. The van der Waals surface area contributed by atoms with Crippen molar-refractivity contribution in [2.45, 2.75) is 19.3 Å². The summed E-state index contributed by atoms with van der Waals surface area (Å²) in [6.45, 7) is 4.24. The highest BCUT2D eigenvalue weighted by molar-refractivity contribution is 5.53. The molecule has 0 heterocycles. The first-order chi connectivity index (χ1) is 9.35. The first-order valence-electron chi connectivity index (χ1n) is 6.11. The molecule has 2 aromatic carbocycles. The SMILES string of the molecule is CC(C)(c1ccccc1)c1ccccc1O.O=C(O)O. The zero-order valence-corrected chi connectivity index (χ0v) is 11.4. The Morgan fingerprint density at radius 1 is 0.900 bits per heavy atom. The average Bonchev–Trinajstić information content (AvgIpc) is 2.39. The van der Waals surface area contributed by atoms with E-state index < -0.39 is 6.16 Å². The Bertz CT molecular complexity index is 558. The Hall–Kier alpha value is -2.49. The van der Waals surface area contributed by atoms with E-state index in [1.165, 1.54) is 5.56 Å².